The lowest BCUT2D eigenvalue weighted by molar-refractivity contribution is 0.374. The molecule has 2 aromatic heterocycles. The summed E-state index contributed by atoms with van der Waals surface area (Å²) in [6, 6.07) is 2.09. The third kappa shape index (κ3) is 5.45. The van der Waals surface area contributed by atoms with E-state index >= 15 is 0 Å². The Hall–Kier alpha value is -1.16. The summed E-state index contributed by atoms with van der Waals surface area (Å²) < 4.78 is 5.04. The maximum atomic E-state index is 5.04. The van der Waals surface area contributed by atoms with Crippen LogP contribution in [0.1, 0.15) is 17.3 Å². The first-order valence-corrected chi connectivity index (χ1v) is 6.97. The number of rotatable bonds is 5. The number of hydrogen-bond acceptors (Lipinski definition) is 5. The summed E-state index contributed by atoms with van der Waals surface area (Å²) in [6.07, 6.45) is 0.681. The van der Waals surface area contributed by atoms with Gasteiger partial charge in [-0.1, -0.05) is 5.16 Å². The Bertz CT molecular complexity index is 526. The molecule has 0 saturated carbocycles. The molecule has 0 aliphatic heterocycles. The molecule has 2 rings (SSSR count). The van der Waals surface area contributed by atoms with Crippen LogP contribution in [0, 0.1) is 6.92 Å². The predicted octanol–water partition coefficient (Wildman–Crippen LogP) is 1.97. The van der Waals surface area contributed by atoms with Crippen LogP contribution in [0.3, 0.4) is 0 Å². The molecule has 0 atom stereocenters. The molecule has 0 fully saturated rings. The molecule has 0 amide bonds. The molecule has 0 aliphatic carbocycles. The first kappa shape index (κ1) is 16.9. The van der Waals surface area contributed by atoms with Crippen LogP contribution in [0.5, 0.6) is 0 Å². The minimum absolute atomic E-state index is 0. The second kappa shape index (κ2) is 8.90. The van der Waals surface area contributed by atoms with Crippen LogP contribution >= 0.6 is 35.3 Å². The van der Waals surface area contributed by atoms with Crippen molar-refractivity contribution in [1.29, 1.82) is 0 Å². The van der Waals surface area contributed by atoms with Gasteiger partial charge in [-0.25, -0.2) is 0 Å². The Morgan fingerprint density at radius 1 is 1.45 bits per heavy atom. The number of guanidine groups is 1. The topological polar surface area (TPSA) is 75.3 Å². The van der Waals surface area contributed by atoms with Gasteiger partial charge in [0, 0.05) is 26.6 Å². The van der Waals surface area contributed by atoms with Gasteiger partial charge in [0.15, 0.2) is 11.8 Å². The van der Waals surface area contributed by atoms with Crippen LogP contribution in [-0.2, 0) is 13.0 Å². The van der Waals surface area contributed by atoms with Crippen molar-refractivity contribution >= 4 is 41.3 Å². The first-order valence-electron chi connectivity index (χ1n) is 6.02. The van der Waals surface area contributed by atoms with E-state index < -0.39 is 0 Å². The zero-order valence-electron chi connectivity index (χ0n) is 11.4. The van der Waals surface area contributed by atoms with Gasteiger partial charge in [0.1, 0.15) is 0 Å². The van der Waals surface area contributed by atoms with Crippen molar-refractivity contribution in [2.75, 3.05) is 13.6 Å². The van der Waals surface area contributed by atoms with Crippen LogP contribution in [0.4, 0.5) is 0 Å². The zero-order valence-corrected chi connectivity index (χ0v) is 14.6. The van der Waals surface area contributed by atoms with Gasteiger partial charge in [-0.2, -0.15) is 16.3 Å². The van der Waals surface area contributed by atoms with Gasteiger partial charge < -0.3 is 15.2 Å². The normalized spacial score (nSPS) is 11.0. The molecule has 0 radical (unpaired) electrons. The maximum Gasteiger partial charge on any atom is 0.228 e. The van der Waals surface area contributed by atoms with E-state index in [0.29, 0.717) is 24.7 Å². The van der Waals surface area contributed by atoms with Crippen molar-refractivity contribution in [3.63, 3.8) is 0 Å². The molecule has 0 aliphatic rings. The Balaban J connectivity index is 0.00000200. The number of halogens is 1. The van der Waals surface area contributed by atoms with E-state index in [2.05, 4.69) is 42.6 Å². The minimum Gasteiger partial charge on any atom is -0.356 e. The van der Waals surface area contributed by atoms with Crippen molar-refractivity contribution in [3.05, 3.63) is 34.1 Å². The SMILES string of the molecule is CN=C(NCCc1nc(C)no1)NCc1ccsc1.I. The number of aryl methyl sites for hydroxylation is 1. The van der Waals surface area contributed by atoms with E-state index in [-0.39, 0.29) is 24.0 Å². The molecule has 0 unspecified atom stereocenters. The lowest BCUT2D eigenvalue weighted by Crippen LogP contribution is -2.37. The van der Waals surface area contributed by atoms with E-state index in [4.69, 9.17) is 4.52 Å². The molecule has 20 heavy (non-hydrogen) atoms. The highest BCUT2D eigenvalue weighted by molar-refractivity contribution is 14.0. The summed E-state index contributed by atoms with van der Waals surface area (Å²) in [5, 5.41) is 14.4. The summed E-state index contributed by atoms with van der Waals surface area (Å²) in [4.78, 5) is 8.30. The van der Waals surface area contributed by atoms with Crippen molar-refractivity contribution in [2.45, 2.75) is 19.9 Å². The van der Waals surface area contributed by atoms with Crippen molar-refractivity contribution in [3.8, 4) is 0 Å². The van der Waals surface area contributed by atoms with Gasteiger partial charge in [-0.05, 0) is 29.3 Å². The van der Waals surface area contributed by atoms with Gasteiger partial charge in [0.05, 0.1) is 0 Å². The molecule has 6 nitrogen and oxygen atoms in total. The molecule has 2 aromatic rings. The van der Waals surface area contributed by atoms with E-state index in [1.54, 1.807) is 18.4 Å². The molecular weight excluding hydrogens is 389 g/mol. The maximum absolute atomic E-state index is 5.04. The van der Waals surface area contributed by atoms with Gasteiger partial charge in [-0.3, -0.25) is 4.99 Å². The summed E-state index contributed by atoms with van der Waals surface area (Å²) in [7, 11) is 1.75. The average molecular weight is 407 g/mol. The number of aromatic nitrogens is 2. The number of aliphatic imine (C=N–C) groups is 1. The molecule has 0 aromatic carbocycles. The standard InChI is InChI=1S/C12H17N5OS.HI/c1-9-16-11(18-17-9)3-5-14-12(13-2)15-7-10-4-6-19-8-10;/h4,6,8H,3,5,7H2,1-2H3,(H2,13,14,15);1H. The Morgan fingerprint density at radius 3 is 2.90 bits per heavy atom. The summed E-state index contributed by atoms with van der Waals surface area (Å²) in [5.74, 6) is 2.07. The fourth-order valence-electron chi connectivity index (χ4n) is 1.53. The quantitative estimate of drug-likeness (QED) is 0.451. The molecule has 0 bridgehead atoms. The molecular formula is C12H18IN5OS. The fraction of sp³-hybridized carbons (Fsp3) is 0.417. The minimum atomic E-state index is 0. The predicted molar refractivity (Wildman–Crippen MR) is 90.7 cm³/mol. The monoisotopic (exact) mass is 407 g/mol. The highest BCUT2D eigenvalue weighted by atomic mass is 127. The largest absolute Gasteiger partial charge is 0.356 e. The number of nitrogens with zero attached hydrogens (tertiary/aromatic N) is 3. The Morgan fingerprint density at radius 2 is 2.30 bits per heavy atom. The van der Waals surface area contributed by atoms with Crippen molar-refractivity contribution in [2.24, 2.45) is 4.99 Å². The van der Waals surface area contributed by atoms with Gasteiger partial charge in [0.2, 0.25) is 5.89 Å². The summed E-state index contributed by atoms with van der Waals surface area (Å²) >= 11 is 1.69. The van der Waals surface area contributed by atoms with E-state index in [1.165, 1.54) is 5.56 Å². The van der Waals surface area contributed by atoms with Crippen molar-refractivity contribution in [1.82, 2.24) is 20.8 Å². The zero-order chi connectivity index (χ0) is 13.5. The van der Waals surface area contributed by atoms with Crippen LogP contribution < -0.4 is 10.6 Å². The smallest absolute Gasteiger partial charge is 0.228 e. The van der Waals surface area contributed by atoms with E-state index in [9.17, 15) is 0 Å². The van der Waals surface area contributed by atoms with Gasteiger partial charge in [0.25, 0.3) is 0 Å². The van der Waals surface area contributed by atoms with Crippen molar-refractivity contribution < 1.29 is 4.52 Å². The molecule has 110 valence electrons. The number of hydrogen-bond donors (Lipinski definition) is 2. The number of thiophene rings is 1. The Labute approximate surface area is 139 Å². The van der Waals surface area contributed by atoms with Crippen LogP contribution in [-0.4, -0.2) is 29.7 Å². The Kier molecular flexibility index (Phi) is 7.52. The average Bonchev–Trinajstić information content (AvgIpc) is 3.05. The summed E-state index contributed by atoms with van der Waals surface area (Å²) in [6.45, 7) is 3.27. The second-order valence-corrected chi connectivity index (χ2v) is 4.75. The van der Waals surface area contributed by atoms with Crippen LogP contribution in [0.25, 0.3) is 0 Å². The first-order chi connectivity index (χ1) is 9.28. The summed E-state index contributed by atoms with van der Waals surface area (Å²) in [5.41, 5.74) is 1.25. The molecule has 8 heteroatoms. The molecule has 0 spiro atoms. The van der Waals surface area contributed by atoms with Crippen LogP contribution in [0.2, 0.25) is 0 Å². The van der Waals surface area contributed by atoms with E-state index in [0.717, 1.165) is 12.5 Å². The molecule has 0 saturated heterocycles. The van der Waals surface area contributed by atoms with Gasteiger partial charge >= 0.3 is 0 Å². The highest BCUT2D eigenvalue weighted by Crippen LogP contribution is 2.04. The fourth-order valence-corrected chi connectivity index (χ4v) is 2.20. The third-order valence-corrected chi connectivity index (χ3v) is 3.20. The molecule has 2 N–H and O–H groups in total. The number of nitrogens with one attached hydrogen (secondary N) is 2. The second-order valence-electron chi connectivity index (χ2n) is 3.97. The third-order valence-electron chi connectivity index (χ3n) is 2.46. The van der Waals surface area contributed by atoms with E-state index in [1.807, 2.05) is 6.92 Å². The van der Waals surface area contributed by atoms with Crippen LogP contribution in [0.15, 0.2) is 26.3 Å². The molecule has 2 heterocycles. The highest BCUT2D eigenvalue weighted by Gasteiger charge is 2.03. The van der Waals surface area contributed by atoms with Gasteiger partial charge in [-0.15, -0.1) is 24.0 Å². The lowest BCUT2D eigenvalue weighted by Gasteiger charge is -2.10. The lowest BCUT2D eigenvalue weighted by atomic mass is 10.3.